The Hall–Kier alpha value is -2.23. The minimum Gasteiger partial charge on any atom is -0.281 e. The SMILES string of the molecule is Cc1cc(C)n2c(-c3ccccc3F)c(C)nc2n1. The molecule has 0 aliphatic rings. The van der Waals surface area contributed by atoms with Crippen molar-refractivity contribution in [2.24, 2.45) is 0 Å². The lowest BCUT2D eigenvalue weighted by Gasteiger charge is -2.07. The van der Waals surface area contributed by atoms with E-state index in [1.165, 1.54) is 6.07 Å². The fourth-order valence-corrected chi connectivity index (χ4v) is 2.45. The number of rotatable bonds is 1. The Bertz CT molecular complexity index is 774. The third-order valence-electron chi connectivity index (χ3n) is 3.21. The number of fused-ring (bicyclic) bond motifs is 1. The molecule has 0 fully saturated rings. The molecule has 0 amide bonds. The molecule has 0 radical (unpaired) electrons. The molecule has 0 bridgehead atoms. The lowest BCUT2D eigenvalue weighted by Crippen LogP contribution is -1.99. The van der Waals surface area contributed by atoms with E-state index in [1.807, 2.05) is 37.3 Å². The van der Waals surface area contributed by atoms with Crippen LogP contribution >= 0.6 is 0 Å². The molecular weight excluding hydrogens is 241 g/mol. The molecule has 0 aliphatic carbocycles. The summed E-state index contributed by atoms with van der Waals surface area (Å²) in [6, 6.07) is 8.72. The van der Waals surface area contributed by atoms with Crippen LogP contribution in [-0.4, -0.2) is 14.4 Å². The van der Waals surface area contributed by atoms with E-state index in [0.717, 1.165) is 22.8 Å². The van der Waals surface area contributed by atoms with Crippen LogP contribution in [0.4, 0.5) is 4.39 Å². The van der Waals surface area contributed by atoms with E-state index in [9.17, 15) is 4.39 Å². The van der Waals surface area contributed by atoms with E-state index in [2.05, 4.69) is 9.97 Å². The summed E-state index contributed by atoms with van der Waals surface area (Å²) in [6.07, 6.45) is 0. The van der Waals surface area contributed by atoms with Crippen molar-refractivity contribution < 1.29 is 4.39 Å². The predicted octanol–water partition coefficient (Wildman–Crippen LogP) is 3.46. The largest absolute Gasteiger partial charge is 0.281 e. The highest BCUT2D eigenvalue weighted by Gasteiger charge is 2.16. The van der Waals surface area contributed by atoms with Gasteiger partial charge in [-0.3, -0.25) is 4.40 Å². The van der Waals surface area contributed by atoms with Gasteiger partial charge < -0.3 is 0 Å². The number of aromatic nitrogens is 3. The minimum absolute atomic E-state index is 0.243. The molecule has 0 aliphatic heterocycles. The van der Waals surface area contributed by atoms with Crippen LogP contribution in [0.2, 0.25) is 0 Å². The maximum Gasteiger partial charge on any atom is 0.234 e. The number of hydrogen-bond donors (Lipinski definition) is 0. The second-order valence-electron chi connectivity index (χ2n) is 4.70. The molecule has 3 aromatic rings. The molecule has 2 aromatic heterocycles. The Morgan fingerprint density at radius 3 is 2.53 bits per heavy atom. The van der Waals surface area contributed by atoms with E-state index in [0.29, 0.717) is 11.3 Å². The van der Waals surface area contributed by atoms with Crippen LogP contribution in [0.5, 0.6) is 0 Å². The van der Waals surface area contributed by atoms with Gasteiger partial charge in [-0.15, -0.1) is 0 Å². The fraction of sp³-hybridized carbons (Fsp3) is 0.200. The average molecular weight is 255 g/mol. The summed E-state index contributed by atoms with van der Waals surface area (Å²) in [5.41, 5.74) is 4.03. The van der Waals surface area contributed by atoms with Crippen molar-refractivity contribution >= 4 is 5.78 Å². The van der Waals surface area contributed by atoms with Gasteiger partial charge in [0.15, 0.2) is 0 Å². The second-order valence-corrected chi connectivity index (χ2v) is 4.70. The van der Waals surface area contributed by atoms with Gasteiger partial charge in [0.25, 0.3) is 0 Å². The summed E-state index contributed by atoms with van der Waals surface area (Å²) in [7, 11) is 0. The molecule has 2 heterocycles. The van der Waals surface area contributed by atoms with Gasteiger partial charge in [0.2, 0.25) is 5.78 Å². The molecule has 19 heavy (non-hydrogen) atoms. The van der Waals surface area contributed by atoms with Crippen LogP contribution in [0.15, 0.2) is 30.3 Å². The zero-order valence-corrected chi connectivity index (χ0v) is 11.1. The molecule has 3 rings (SSSR count). The van der Waals surface area contributed by atoms with Crippen LogP contribution in [0.25, 0.3) is 17.0 Å². The Morgan fingerprint density at radius 1 is 1.05 bits per heavy atom. The number of halogens is 1. The highest BCUT2D eigenvalue weighted by Crippen LogP contribution is 2.27. The molecule has 0 atom stereocenters. The normalized spacial score (nSPS) is 11.2. The first-order chi connectivity index (χ1) is 9.08. The van der Waals surface area contributed by atoms with Gasteiger partial charge in [-0.1, -0.05) is 12.1 Å². The summed E-state index contributed by atoms with van der Waals surface area (Å²) in [5, 5.41) is 0. The van der Waals surface area contributed by atoms with Crippen LogP contribution < -0.4 is 0 Å². The quantitative estimate of drug-likeness (QED) is 0.666. The van der Waals surface area contributed by atoms with Gasteiger partial charge in [0.05, 0.1) is 11.4 Å². The summed E-state index contributed by atoms with van der Waals surface area (Å²) >= 11 is 0. The summed E-state index contributed by atoms with van der Waals surface area (Å²) in [5.74, 6) is 0.376. The van der Waals surface area contributed by atoms with Crippen molar-refractivity contribution in [1.29, 1.82) is 0 Å². The fourth-order valence-electron chi connectivity index (χ4n) is 2.45. The van der Waals surface area contributed by atoms with Crippen molar-refractivity contribution in [3.8, 4) is 11.3 Å². The molecule has 96 valence electrons. The van der Waals surface area contributed by atoms with Crippen molar-refractivity contribution in [3.63, 3.8) is 0 Å². The van der Waals surface area contributed by atoms with Crippen LogP contribution in [0.3, 0.4) is 0 Å². The Kier molecular flexibility index (Phi) is 2.59. The molecule has 1 aromatic carbocycles. The van der Waals surface area contributed by atoms with Crippen LogP contribution in [-0.2, 0) is 0 Å². The minimum atomic E-state index is -0.243. The molecule has 0 N–H and O–H groups in total. The first-order valence-electron chi connectivity index (χ1n) is 6.16. The van der Waals surface area contributed by atoms with Crippen molar-refractivity contribution in [2.75, 3.05) is 0 Å². The Labute approximate surface area is 110 Å². The number of nitrogens with zero attached hydrogens (tertiary/aromatic N) is 3. The van der Waals surface area contributed by atoms with Crippen LogP contribution in [0, 0.1) is 26.6 Å². The summed E-state index contributed by atoms with van der Waals surface area (Å²) < 4.78 is 15.9. The van der Waals surface area contributed by atoms with Crippen molar-refractivity contribution in [1.82, 2.24) is 14.4 Å². The van der Waals surface area contributed by atoms with Crippen molar-refractivity contribution in [2.45, 2.75) is 20.8 Å². The van der Waals surface area contributed by atoms with Gasteiger partial charge in [0, 0.05) is 17.0 Å². The molecule has 3 nitrogen and oxygen atoms in total. The average Bonchev–Trinajstić information content (AvgIpc) is 2.66. The van der Waals surface area contributed by atoms with Crippen molar-refractivity contribution in [3.05, 3.63) is 53.2 Å². The van der Waals surface area contributed by atoms with E-state index in [4.69, 9.17) is 0 Å². The smallest absolute Gasteiger partial charge is 0.234 e. The van der Waals surface area contributed by atoms with Gasteiger partial charge in [-0.25, -0.2) is 14.4 Å². The predicted molar refractivity (Wildman–Crippen MR) is 72.6 cm³/mol. The topological polar surface area (TPSA) is 30.2 Å². The maximum absolute atomic E-state index is 14.0. The highest BCUT2D eigenvalue weighted by molar-refractivity contribution is 5.67. The highest BCUT2D eigenvalue weighted by atomic mass is 19.1. The Morgan fingerprint density at radius 2 is 1.79 bits per heavy atom. The molecule has 4 heteroatoms. The lowest BCUT2D eigenvalue weighted by atomic mass is 10.1. The first kappa shape index (κ1) is 11.8. The first-order valence-corrected chi connectivity index (χ1v) is 6.16. The van der Waals surface area contributed by atoms with Gasteiger partial charge in [-0.05, 0) is 39.0 Å². The van der Waals surface area contributed by atoms with E-state index in [-0.39, 0.29) is 5.82 Å². The lowest BCUT2D eigenvalue weighted by molar-refractivity contribution is 0.630. The summed E-state index contributed by atoms with van der Waals surface area (Å²) in [4.78, 5) is 8.84. The van der Waals surface area contributed by atoms with Gasteiger partial charge in [-0.2, -0.15) is 0 Å². The third-order valence-corrected chi connectivity index (χ3v) is 3.21. The number of imidazole rings is 1. The molecule has 0 spiro atoms. The number of aryl methyl sites for hydroxylation is 3. The standard InChI is InChI=1S/C15H14FN3/c1-9-8-10(2)19-14(11(3)18-15(19)17-9)12-6-4-5-7-13(12)16/h4-8H,1-3H3. The Balaban J connectivity index is 2.42. The van der Waals surface area contributed by atoms with Crippen LogP contribution in [0.1, 0.15) is 17.1 Å². The second kappa shape index (κ2) is 4.16. The zero-order chi connectivity index (χ0) is 13.6. The third kappa shape index (κ3) is 1.80. The maximum atomic E-state index is 14.0. The molecule has 0 unspecified atom stereocenters. The monoisotopic (exact) mass is 255 g/mol. The van der Waals surface area contributed by atoms with E-state index >= 15 is 0 Å². The number of hydrogen-bond acceptors (Lipinski definition) is 2. The van der Waals surface area contributed by atoms with E-state index in [1.54, 1.807) is 12.1 Å². The molecule has 0 saturated carbocycles. The molecule has 0 saturated heterocycles. The van der Waals surface area contributed by atoms with Gasteiger partial charge >= 0.3 is 0 Å². The molecular formula is C15H14FN3. The van der Waals surface area contributed by atoms with E-state index < -0.39 is 0 Å². The number of benzene rings is 1. The van der Waals surface area contributed by atoms with Gasteiger partial charge in [0.1, 0.15) is 5.82 Å². The zero-order valence-electron chi connectivity index (χ0n) is 11.1. The summed E-state index contributed by atoms with van der Waals surface area (Å²) in [6.45, 7) is 5.79.